The zero-order valence-electron chi connectivity index (χ0n) is 13.5. The van der Waals surface area contributed by atoms with Crippen LogP contribution in [0.1, 0.15) is 5.56 Å². The van der Waals surface area contributed by atoms with E-state index in [1.165, 1.54) is 23.1 Å². The molecule has 3 aromatic rings. The molecular weight excluding hydrogens is 354 g/mol. The van der Waals surface area contributed by atoms with Crippen LogP contribution in [0.25, 0.3) is 10.2 Å². The molecular formula is C18H17N3O2S2. The summed E-state index contributed by atoms with van der Waals surface area (Å²) in [5.41, 5.74) is 0.945. The van der Waals surface area contributed by atoms with E-state index in [0.717, 1.165) is 5.56 Å². The second-order valence-corrected chi connectivity index (χ2v) is 7.13. The van der Waals surface area contributed by atoms with Crippen molar-refractivity contribution in [2.24, 2.45) is 0 Å². The minimum atomic E-state index is -0.0988. The van der Waals surface area contributed by atoms with Crippen molar-refractivity contribution >= 4 is 39.2 Å². The highest BCUT2D eigenvalue weighted by Crippen LogP contribution is 2.21. The van der Waals surface area contributed by atoms with Gasteiger partial charge in [-0.15, -0.1) is 17.9 Å². The third kappa shape index (κ3) is 4.18. The molecule has 7 heteroatoms. The Morgan fingerprint density at radius 2 is 2.12 bits per heavy atom. The lowest BCUT2D eigenvalue weighted by Gasteiger charge is -2.10. The maximum absolute atomic E-state index is 12.5. The lowest BCUT2D eigenvalue weighted by molar-refractivity contribution is -0.118. The SMILES string of the molecule is C=CCn1c(SCC(=O)NCc2ccccc2)nc2sccc2c1=O. The van der Waals surface area contributed by atoms with Crippen LogP contribution in [-0.4, -0.2) is 21.2 Å². The van der Waals surface area contributed by atoms with Crippen molar-refractivity contribution in [1.29, 1.82) is 0 Å². The third-order valence-electron chi connectivity index (χ3n) is 3.52. The predicted molar refractivity (Wildman–Crippen MR) is 103 cm³/mol. The molecule has 0 atom stereocenters. The topological polar surface area (TPSA) is 64.0 Å². The van der Waals surface area contributed by atoms with Gasteiger partial charge in [0.05, 0.1) is 11.1 Å². The van der Waals surface area contributed by atoms with Crippen molar-refractivity contribution in [2.75, 3.05) is 5.75 Å². The molecule has 0 fully saturated rings. The first-order chi connectivity index (χ1) is 12.2. The van der Waals surface area contributed by atoms with Crippen molar-refractivity contribution in [1.82, 2.24) is 14.9 Å². The van der Waals surface area contributed by atoms with Crippen molar-refractivity contribution in [3.63, 3.8) is 0 Å². The van der Waals surface area contributed by atoms with Gasteiger partial charge in [-0.25, -0.2) is 4.98 Å². The van der Waals surface area contributed by atoms with Gasteiger partial charge in [0.15, 0.2) is 5.16 Å². The number of carbonyl (C=O) groups excluding carboxylic acids is 1. The van der Waals surface area contributed by atoms with E-state index in [1.54, 1.807) is 16.7 Å². The number of thioether (sulfide) groups is 1. The first-order valence-corrected chi connectivity index (χ1v) is 9.58. The van der Waals surface area contributed by atoms with Gasteiger partial charge in [-0.3, -0.25) is 14.2 Å². The molecule has 1 amide bonds. The monoisotopic (exact) mass is 371 g/mol. The van der Waals surface area contributed by atoms with E-state index < -0.39 is 0 Å². The number of thiophene rings is 1. The van der Waals surface area contributed by atoms with Gasteiger partial charge in [0, 0.05) is 13.1 Å². The number of amides is 1. The Kier molecular flexibility index (Phi) is 5.67. The van der Waals surface area contributed by atoms with Gasteiger partial charge in [0.1, 0.15) is 4.83 Å². The summed E-state index contributed by atoms with van der Waals surface area (Å²) in [6.45, 7) is 4.54. The van der Waals surface area contributed by atoms with Crippen LogP contribution < -0.4 is 10.9 Å². The van der Waals surface area contributed by atoms with Gasteiger partial charge in [-0.2, -0.15) is 0 Å². The second kappa shape index (κ2) is 8.13. The van der Waals surface area contributed by atoms with Crippen LogP contribution in [0, 0.1) is 0 Å². The summed E-state index contributed by atoms with van der Waals surface area (Å²) in [5, 5.41) is 5.86. The van der Waals surface area contributed by atoms with E-state index in [0.29, 0.717) is 28.5 Å². The maximum Gasteiger partial charge on any atom is 0.263 e. The molecule has 0 unspecified atom stereocenters. The molecule has 0 bridgehead atoms. The quantitative estimate of drug-likeness (QED) is 0.394. The first-order valence-electron chi connectivity index (χ1n) is 7.71. The fourth-order valence-electron chi connectivity index (χ4n) is 2.31. The molecule has 128 valence electrons. The molecule has 0 spiro atoms. The van der Waals surface area contributed by atoms with E-state index in [9.17, 15) is 9.59 Å². The Labute approximate surface area is 153 Å². The standard InChI is InChI=1S/C18H17N3O2S2/c1-2-9-21-17(23)14-8-10-24-16(14)20-18(21)25-12-15(22)19-11-13-6-4-3-5-7-13/h2-8,10H,1,9,11-12H2,(H,19,22). The summed E-state index contributed by atoms with van der Waals surface area (Å²) in [6.07, 6.45) is 1.65. The number of hydrogen-bond donors (Lipinski definition) is 1. The van der Waals surface area contributed by atoms with Gasteiger partial charge in [-0.05, 0) is 17.0 Å². The average Bonchev–Trinajstić information content (AvgIpc) is 3.10. The van der Waals surface area contributed by atoms with Gasteiger partial charge in [0.2, 0.25) is 5.91 Å². The number of rotatable bonds is 7. The van der Waals surface area contributed by atoms with Crippen LogP contribution in [0.3, 0.4) is 0 Å². The van der Waals surface area contributed by atoms with E-state index in [-0.39, 0.29) is 17.2 Å². The number of aromatic nitrogens is 2. The summed E-state index contributed by atoms with van der Waals surface area (Å²) < 4.78 is 1.55. The van der Waals surface area contributed by atoms with E-state index in [1.807, 2.05) is 35.7 Å². The largest absolute Gasteiger partial charge is 0.351 e. The van der Waals surface area contributed by atoms with Crippen LogP contribution in [0.5, 0.6) is 0 Å². The van der Waals surface area contributed by atoms with Gasteiger partial charge < -0.3 is 5.32 Å². The summed E-state index contributed by atoms with van der Waals surface area (Å²) in [7, 11) is 0. The smallest absolute Gasteiger partial charge is 0.263 e. The highest BCUT2D eigenvalue weighted by molar-refractivity contribution is 7.99. The minimum Gasteiger partial charge on any atom is -0.351 e. The van der Waals surface area contributed by atoms with Gasteiger partial charge >= 0.3 is 0 Å². The summed E-state index contributed by atoms with van der Waals surface area (Å²) in [4.78, 5) is 29.8. The summed E-state index contributed by atoms with van der Waals surface area (Å²) in [5.74, 6) is 0.104. The summed E-state index contributed by atoms with van der Waals surface area (Å²) >= 11 is 2.68. The van der Waals surface area contributed by atoms with Gasteiger partial charge in [-0.1, -0.05) is 48.2 Å². The number of allylic oxidation sites excluding steroid dienone is 1. The highest BCUT2D eigenvalue weighted by Gasteiger charge is 2.13. The first kappa shape index (κ1) is 17.4. The normalized spacial score (nSPS) is 10.7. The van der Waals surface area contributed by atoms with Crippen LogP contribution in [-0.2, 0) is 17.9 Å². The Balaban J connectivity index is 1.69. The van der Waals surface area contributed by atoms with Crippen LogP contribution >= 0.6 is 23.1 Å². The van der Waals surface area contributed by atoms with Crippen molar-refractivity contribution in [3.05, 3.63) is 70.4 Å². The highest BCUT2D eigenvalue weighted by atomic mass is 32.2. The zero-order chi connectivity index (χ0) is 17.6. The Morgan fingerprint density at radius 1 is 1.32 bits per heavy atom. The number of nitrogens with one attached hydrogen (secondary N) is 1. The van der Waals surface area contributed by atoms with Gasteiger partial charge in [0.25, 0.3) is 5.56 Å². The molecule has 0 saturated heterocycles. The van der Waals surface area contributed by atoms with Crippen molar-refractivity contribution < 1.29 is 4.79 Å². The Hall–Kier alpha value is -2.38. The molecule has 0 aliphatic rings. The second-order valence-electron chi connectivity index (χ2n) is 5.29. The van der Waals surface area contributed by atoms with Crippen molar-refractivity contribution in [3.8, 4) is 0 Å². The van der Waals surface area contributed by atoms with E-state index in [2.05, 4.69) is 16.9 Å². The third-order valence-corrected chi connectivity index (χ3v) is 5.31. The molecule has 2 heterocycles. The fraction of sp³-hybridized carbons (Fsp3) is 0.167. The van der Waals surface area contributed by atoms with Crippen LogP contribution in [0.4, 0.5) is 0 Å². The summed E-state index contributed by atoms with van der Waals surface area (Å²) in [6, 6.07) is 11.5. The number of carbonyl (C=O) groups is 1. The molecule has 0 aliphatic heterocycles. The zero-order valence-corrected chi connectivity index (χ0v) is 15.1. The molecule has 1 aromatic carbocycles. The molecule has 0 saturated carbocycles. The molecule has 2 aromatic heterocycles. The van der Waals surface area contributed by atoms with Crippen LogP contribution in [0.15, 0.2) is 64.4 Å². The predicted octanol–water partition coefficient (Wildman–Crippen LogP) is 3.05. The van der Waals surface area contributed by atoms with E-state index in [4.69, 9.17) is 0 Å². The van der Waals surface area contributed by atoms with Crippen LogP contribution in [0.2, 0.25) is 0 Å². The Bertz CT molecular complexity index is 948. The van der Waals surface area contributed by atoms with E-state index >= 15 is 0 Å². The molecule has 3 rings (SSSR count). The lowest BCUT2D eigenvalue weighted by Crippen LogP contribution is -2.26. The molecule has 1 N–H and O–H groups in total. The minimum absolute atomic E-state index is 0.0977. The molecule has 0 aliphatic carbocycles. The number of fused-ring (bicyclic) bond motifs is 1. The number of benzene rings is 1. The fourth-order valence-corrected chi connectivity index (χ4v) is 3.95. The molecule has 25 heavy (non-hydrogen) atoms. The lowest BCUT2D eigenvalue weighted by atomic mass is 10.2. The van der Waals surface area contributed by atoms with Crippen molar-refractivity contribution in [2.45, 2.75) is 18.2 Å². The number of hydrogen-bond acceptors (Lipinski definition) is 5. The average molecular weight is 371 g/mol. The number of nitrogens with zero attached hydrogens (tertiary/aromatic N) is 2. The Morgan fingerprint density at radius 3 is 2.88 bits per heavy atom. The molecule has 0 radical (unpaired) electrons. The molecule has 5 nitrogen and oxygen atoms in total. The maximum atomic E-state index is 12.5.